The summed E-state index contributed by atoms with van der Waals surface area (Å²) in [5, 5.41) is 4.85. The van der Waals surface area contributed by atoms with Crippen molar-refractivity contribution in [2.75, 3.05) is 9.80 Å². The number of rotatable bonds is 7. The van der Waals surface area contributed by atoms with E-state index < -0.39 is 0 Å². The number of para-hydroxylation sites is 3. The molecule has 9 rings (SSSR count). The van der Waals surface area contributed by atoms with Gasteiger partial charge in [0.1, 0.15) is 11.6 Å². The second kappa shape index (κ2) is 11.2. The fraction of sp³-hybridized carbons (Fsp3) is 0. The molecule has 0 amide bonds. The van der Waals surface area contributed by atoms with Crippen LogP contribution < -0.4 is 9.80 Å². The van der Waals surface area contributed by atoms with E-state index in [9.17, 15) is 0 Å². The number of benzene rings is 6. The molecule has 0 spiro atoms. The molecule has 0 N–H and O–H groups in total. The summed E-state index contributed by atoms with van der Waals surface area (Å²) in [6.07, 6.45) is 3.70. The molecule has 9 aromatic rings. The highest BCUT2D eigenvalue weighted by atomic mass is 15.2. The molecule has 6 aromatic carbocycles. The number of hydrogen-bond donors (Lipinski definition) is 0. The van der Waals surface area contributed by atoms with E-state index in [2.05, 4.69) is 142 Å². The molecule has 5 heteroatoms. The zero-order chi connectivity index (χ0) is 31.2. The van der Waals surface area contributed by atoms with Gasteiger partial charge >= 0.3 is 0 Å². The molecule has 47 heavy (non-hydrogen) atoms. The van der Waals surface area contributed by atoms with E-state index in [4.69, 9.17) is 9.97 Å². The van der Waals surface area contributed by atoms with Crippen LogP contribution in [0, 0.1) is 0 Å². The molecule has 222 valence electrons. The molecule has 0 atom stereocenters. The van der Waals surface area contributed by atoms with Crippen LogP contribution in [0.2, 0.25) is 0 Å². The minimum absolute atomic E-state index is 0.865. The van der Waals surface area contributed by atoms with E-state index in [0.717, 1.165) is 51.1 Å². The molecule has 0 aliphatic rings. The van der Waals surface area contributed by atoms with Crippen molar-refractivity contribution in [3.05, 3.63) is 176 Å². The third kappa shape index (κ3) is 4.56. The molecule has 0 bridgehead atoms. The van der Waals surface area contributed by atoms with Gasteiger partial charge in [0.15, 0.2) is 0 Å². The lowest BCUT2D eigenvalue weighted by atomic mass is 10.00. The Hall–Kier alpha value is -6.46. The Kier molecular flexibility index (Phi) is 6.39. The summed E-state index contributed by atoms with van der Waals surface area (Å²) in [5.41, 5.74) is 7.59. The molecule has 0 unspecified atom stereocenters. The maximum atomic E-state index is 4.78. The fourth-order valence-corrected chi connectivity index (χ4v) is 6.80. The van der Waals surface area contributed by atoms with Crippen molar-refractivity contribution in [2.24, 2.45) is 0 Å². The smallest absolute Gasteiger partial charge is 0.137 e. The third-order valence-corrected chi connectivity index (χ3v) is 8.76. The van der Waals surface area contributed by atoms with Crippen molar-refractivity contribution in [1.29, 1.82) is 0 Å². The summed E-state index contributed by atoms with van der Waals surface area (Å²) in [4.78, 5) is 14.0. The molecule has 3 aromatic heterocycles. The second-order valence-corrected chi connectivity index (χ2v) is 11.6. The van der Waals surface area contributed by atoms with Crippen LogP contribution >= 0.6 is 0 Å². The largest absolute Gasteiger partial charge is 0.309 e. The SMILES string of the molecule is c1ccc(N(c2cc3ccc4cc(N(c5ccccc5)c5ccccn5)cc5c4c3c(c2)n5-c2ccccc2)c2ccccn2)cc1. The zero-order valence-corrected chi connectivity index (χ0v) is 25.5. The molecule has 0 saturated heterocycles. The predicted molar refractivity (Wildman–Crippen MR) is 194 cm³/mol. The normalized spacial score (nSPS) is 11.4. The van der Waals surface area contributed by atoms with Crippen LogP contribution in [-0.2, 0) is 0 Å². The Labute approximate surface area is 272 Å². The summed E-state index contributed by atoms with van der Waals surface area (Å²) in [5.74, 6) is 1.73. The predicted octanol–water partition coefficient (Wildman–Crippen LogP) is 11.1. The maximum absolute atomic E-state index is 4.78. The highest BCUT2D eigenvalue weighted by Gasteiger charge is 2.23. The minimum atomic E-state index is 0.865. The Bertz CT molecular complexity index is 2210. The van der Waals surface area contributed by atoms with Gasteiger partial charge < -0.3 is 4.57 Å². The topological polar surface area (TPSA) is 37.2 Å². The first kappa shape index (κ1) is 26.9. The highest BCUT2D eigenvalue weighted by molar-refractivity contribution is 6.26. The summed E-state index contributed by atoms with van der Waals surface area (Å²) < 4.78 is 2.40. The Balaban J connectivity index is 1.36. The van der Waals surface area contributed by atoms with Gasteiger partial charge in [0.05, 0.1) is 22.4 Å². The van der Waals surface area contributed by atoms with Crippen molar-refractivity contribution >= 4 is 67.0 Å². The molecule has 0 aliphatic carbocycles. The zero-order valence-electron chi connectivity index (χ0n) is 25.5. The van der Waals surface area contributed by atoms with Crippen molar-refractivity contribution < 1.29 is 0 Å². The van der Waals surface area contributed by atoms with Gasteiger partial charge in [0.2, 0.25) is 0 Å². The first-order chi connectivity index (χ1) is 23.3. The summed E-state index contributed by atoms with van der Waals surface area (Å²) >= 11 is 0. The minimum Gasteiger partial charge on any atom is -0.309 e. The van der Waals surface area contributed by atoms with Crippen LogP contribution in [0.25, 0.3) is 38.3 Å². The first-order valence-corrected chi connectivity index (χ1v) is 15.8. The van der Waals surface area contributed by atoms with Crippen molar-refractivity contribution in [1.82, 2.24) is 14.5 Å². The van der Waals surface area contributed by atoms with Crippen LogP contribution in [0.3, 0.4) is 0 Å². The van der Waals surface area contributed by atoms with Crippen LogP contribution in [0.4, 0.5) is 34.4 Å². The van der Waals surface area contributed by atoms with E-state index in [1.807, 2.05) is 48.8 Å². The average Bonchev–Trinajstić information content (AvgIpc) is 3.47. The van der Waals surface area contributed by atoms with Gasteiger partial charge in [-0.15, -0.1) is 0 Å². The van der Waals surface area contributed by atoms with E-state index >= 15 is 0 Å². The van der Waals surface area contributed by atoms with E-state index in [1.54, 1.807) is 0 Å². The number of hydrogen-bond acceptors (Lipinski definition) is 4. The van der Waals surface area contributed by atoms with Gasteiger partial charge in [-0.2, -0.15) is 0 Å². The van der Waals surface area contributed by atoms with Crippen LogP contribution in [0.15, 0.2) is 176 Å². The highest BCUT2D eigenvalue weighted by Crippen LogP contribution is 2.46. The van der Waals surface area contributed by atoms with Gasteiger partial charge in [-0.05, 0) is 95.7 Å². The second-order valence-electron chi connectivity index (χ2n) is 11.6. The van der Waals surface area contributed by atoms with Crippen molar-refractivity contribution in [3.8, 4) is 5.69 Å². The van der Waals surface area contributed by atoms with Crippen LogP contribution in [0.5, 0.6) is 0 Å². The average molecular weight is 604 g/mol. The third-order valence-electron chi connectivity index (χ3n) is 8.76. The van der Waals surface area contributed by atoms with Gasteiger partial charge in [-0.3, -0.25) is 9.80 Å². The monoisotopic (exact) mass is 603 g/mol. The van der Waals surface area contributed by atoms with Gasteiger partial charge in [-0.25, -0.2) is 9.97 Å². The number of nitrogens with zero attached hydrogens (tertiary/aromatic N) is 5. The standard InChI is InChI=1S/C42H29N5/c1-4-14-32(15-5-1)45(39-20-10-12-24-43-39)35-26-30-22-23-31-27-36(46(33-16-6-2-7-17-33)40-21-11-13-25-44-40)29-38-42(31)41(30)37(28-35)47(38)34-18-8-3-9-19-34/h1-29H. The van der Waals surface area contributed by atoms with E-state index in [1.165, 1.54) is 21.5 Å². The molecule has 5 nitrogen and oxygen atoms in total. The van der Waals surface area contributed by atoms with Crippen LogP contribution in [0.1, 0.15) is 0 Å². The summed E-state index contributed by atoms with van der Waals surface area (Å²) in [7, 11) is 0. The van der Waals surface area contributed by atoms with Crippen LogP contribution in [-0.4, -0.2) is 14.5 Å². The molecule has 0 aliphatic heterocycles. The van der Waals surface area contributed by atoms with Gasteiger partial charge in [0, 0.05) is 40.2 Å². The Morgan fingerprint density at radius 3 is 1.23 bits per heavy atom. The molecule has 0 radical (unpaired) electrons. The molecule has 3 heterocycles. The van der Waals surface area contributed by atoms with Crippen molar-refractivity contribution in [3.63, 3.8) is 0 Å². The van der Waals surface area contributed by atoms with Crippen molar-refractivity contribution in [2.45, 2.75) is 0 Å². The quantitative estimate of drug-likeness (QED) is 0.170. The number of anilines is 6. The lowest BCUT2D eigenvalue weighted by Crippen LogP contribution is -2.11. The van der Waals surface area contributed by atoms with Gasteiger partial charge in [-0.1, -0.05) is 78.9 Å². The number of aromatic nitrogens is 3. The molecule has 0 saturated carbocycles. The fourth-order valence-electron chi connectivity index (χ4n) is 6.80. The van der Waals surface area contributed by atoms with E-state index in [-0.39, 0.29) is 0 Å². The van der Waals surface area contributed by atoms with E-state index in [0.29, 0.717) is 0 Å². The molecular formula is C42H29N5. The summed E-state index contributed by atoms with van der Waals surface area (Å²) in [6.45, 7) is 0. The summed E-state index contributed by atoms with van der Waals surface area (Å²) in [6, 6.07) is 57.4. The molecular weight excluding hydrogens is 574 g/mol. The number of pyridine rings is 2. The van der Waals surface area contributed by atoms with Gasteiger partial charge in [0.25, 0.3) is 0 Å². The Morgan fingerprint density at radius 1 is 0.383 bits per heavy atom. The first-order valence-electron chi connectivity index (χ1n) is 15.8. The molecule has 0 fully saturated rings. The lowest BCUT2D eigenvalue weighted by Gasteiger charge is -2.25. The Morgan fingerprint density at radius 2 is 0.809 bits per heavy atom. The lowest BCUT2D eigenvalue weighted by molar-refractivity contribution is 1.16. The maximum Gasteiger partial charge on any atom is 0.137 e.